The van der Waals surface area contributed by atoms with Crippen LogP contribution in [0.4, 0.5) is 13.2 Å². The Labute approximate surface area is 197 Å². The van der Waals surface area contributed by atoms with Crippen molar-refractivity contribution in [3.05, 3.63) is 0 Å². The highest BCUT2D eigenvalue weighted by molar-refractivity contribution is 6.21. The van der Waals surface area contributed by atoms with Crippen LogP contribution in [0.5, 0.6) is 0 Å². The average molecular weight is 495 g/mol. The van der Waals surface area contributed by atoms with Gasteiger partial charge in [0.05, 0.1) is 11.5 Å². The summed E-state index contributed by atoms with van der Waals surface area (Å²) in [7, 11) is 1.31. The molecule has 8 atom stereocenters. The van der Waals surface area contributed by atoms with E-state index in [1.165, 1.54) is 7.11 Å². The monoisotopic (exact) mass is 494 g/mol. The molecule has 10 heteroatoms. The Morgan fingerprint density at radius 2 is 1.79 bits per heavy atom. The lowest BCUT2D eigenvalue weighted by Gasteiger charge is -2.62. The van der Waals surface area contributed by atoms with Crippen molar-refractivity contribution in [1.29, 1.82) is 0 Å². The maximum Gasteiger partial charge on any atom is 0.246 e. The fraction of sp³-hybridized carbons (Fsp3) is 0.913. The first-order valence-corrected chi connectivity index (χ1v) is 12.5. The zero-order valence-electron chi connectivity index (χ0n) is 18.9. The van der Waals surface area contributed by atoms with E-state index in [1.54, 1.807) is 0 Å². The van der Waals surface area contributed by atoms with Gasteiger partial charge in [0.2, 0.25) is 11.8 Å². The number of alkyl halides is 4. The summed E-state index contributed by atoms with van der Waals surface area (Å²) in [5, 5.41) is 5.41. The number of halogens is 4. The van der Waals surface area contributed by atoms with Crippen molar-refractivity contribution in [2.45, 2.75) is 93.0 Å². The molecule has 0 aromatic carbocycles. The molecule has 0 heterocycles. The molecule has 0 aliphatic heterocycles. The molecule has 33 heavy (non-hydrogen) atoms. The van der Waals surface area contributed by atoms with E-state index in [0.717, 1.165) is 12.8 Å². The number of methoxy groups -OCH3 is 1. The molecule has 0 spiro atoms. The molecule has 4 aliphatic rings. The first-order valence-electron chi connectivity index (χ1n) is 12.0. The van der Waals surface area contributed by atoms with Crippen molar-refractivity contribution in [2.24, 2.45) is 17.8 Å². The summed E-state index contributed by atoms with van der Waals surface area (Å²) in [6.07, 6.45) is -1.27. The second-order valence-electron chi connectivity index (χ2n) is 10.3. The van der Waals surface area contributed by atoms with Gasteiger partial charge >= 0.3 is 0 Å². The van der Waals surface area contributed by atoms with Gasteiger partial charge in [-0.15, -0.1) is 11.6 Å². The molecule has 4 rings (SSSR count). The van der Waals surface area contributed by atoms with Crippen molar-refractivity contribution in [1.82, 2.24) is 10.6 Å². The van der Waals surface area contributed by atoms with Gasteiger partial charge < -0.3 is 20.1 Å². The highest BCUT2D eigenvalue weighted by Crippen LogP contribution is 2.57. The summed E-state index contributed by atoms with van der Waals surface area (Å²) < 4.78 is 52.3. The molecule has 0 aromatic rings. The van der Waals surface area contributed by atoms with E-state index in [9.17, 15) is 22.8 Å². The minimum atomic E-state index is -1.37. The van der Waals surface area contributed by atoms with Gasteiger partial charge in [-0.25, -0.2) is 13.2 Å². The van der Waals surface area contributed by atoms with Crippen LogP contribution in [0.25, 0.3) is 0 Å². The van der Waals surface area contributed by atoms with Crippen molar-refractivity contribution < 1.29 is 32.2 Å². The fourth-order valence-corrected chi connectivity index (χ4v) is 6.35. The SMILES string of the molecule is COC1C(F)CC(CNC(=O)C2CC3(NC(=O)CO[C@H]4CC[C@@H](Cl)C(F)C4)CCC23)CC1F. The smallest absolute Gasteiger partial charge is 0.246 e. The summed E-state index contributed by atoms with van der Waals surface area (Å²) in [4.78, 5) is 25.1. The van der Waals surface area contributed by atoms with E-state index in [2.05, 4.69) is 10.6 Å². The number of carbonyl (C=O) groups is 2. The normalized spacial score (nSPS) is 44.7. The molecule has 6 nitrogen and oxygen atoms in total. The maximum absolute atomic E-state index is 14.1. The van der Waals surface area contributed by atoms with Crippen LogP contribution in [0.3, 0.4) is 0 Å². The molecule has 0 bridgehead atoms. The summed E-state index contributed by atoms with van der Waals surface area (Å²) in [6.45, 7) is 0.112. The van der Waals surface area contributed by atoms with Gasteiger partial charge in [-0.1, -0.05) is 0 Å². The summed E-state index contributed by atoms with van der Waals surface area (Å²) >= 11 is 5.88. The fourth-order valence-electron chi connectivity index (χ4n) is 6.12. The van der Waals surface area contributed by atoms with E-state index in [-0.39, 0.29) is 73.6 Å². The van der Waals surface area contributed by atoms with Crippen molar-refractivity contribution in [2.75, 3.05) is 20.3 Å². The quantitative estimate of drug-likeness (QED) is 0.509. The van der Waals surface area contributed by atoms with Crippen molar-refractivity contribution in [3.8, 4) is 0 Å². The molecular formula is C23H34ClF3N2O4. The first-order chi connectivity index (χ1) is 15.7. The Morgan fingerprint density at radius 3 is 2.36 bits per heavy atom. The molecule has 0 radical (unpaired) electrons. The number of rotatable bonds is 8. The summed E-state index contributed by atoms with van der Waals surface area (Å²) in [5.41, 5.74) is -0.372. The zero-order valence-corrected chi connectivity index (χ0v) is 19.7. The molecule has 2 amide bonds. The van der Waals surface area contributed by atoms with Gasteiger partial charge in [0.15, 0.2) is 0 Å². The van der Waals surface area contributed by atoms with Crippen LogP contribution in [0, 0.1) is 17.8 Å². The summed E-state index contributed by atoms with van der Waals surface area (Å²) in [6, 6.07) is 0. The maximum atomic E-state index is 14.1. The second kappa shape index (κ2) is 10.3. The number of fused-ring (bicyclic) bond motifs is 1. The third kappa shape index (κ3) is 5.30. The van der Waals surface area contributed by atoms with Crippen LogP contribution < -0.4 is 10.6 Å². The van der Waals surface area contributed by atoms with Gasteiger partial charge in [-0.3, -0.25) is 9.59 Å². The van der Waals surface area contributed by atoms with Gasteiger partial charge in [-0.05, 0) is 56.8 Å². The largest absolute Gasteiger partial charge is 0.375 e. The highest BCUT2D eigenvalue weighted by Gasteiger charge is 2.62. The first kappa shape index (κ1) is 25.0. The molecule has 4 fully saturated rings. The number of amides is 2. The van der Waals surface area contributed by atoms with Crippen LogP contribution in [0.2, 0.25) is 0 Å². The predicted octanol–water partition coefficient (Wildman–Crippen LogP) is 3.00. The van der Waals surface area contributed by atoms with E-state index in [1.807, 2.05) is 0 Å². The lowest BCUT2D eigenvalue weighted by molar-refractivity contribution is -0.156. The van der Waals surface area contributed by atoms with E-state index in [0.29, 0.717) is 19.3 Å². The molecule has 4 saturated carbocycles. The second-order valence-corrected chi connectivity index (χ2v) is 10.8. The van der Waals surface area contributed by atoms with Crippen LogP contribution in [-0.4, -0.2) is 73.7 Å². The Morgan fingerprint density at radius 1 is 1.06 bits per heavy atom. The molecule has 6 unspecified atom stereocenters. The summed E-state index contributed by atoms with van der Waals surface area (Å²) in [5.74, 6) is -0.766. The van der Waals surface area contributed by atoms with Gasteiger partial charge in [0.25, 0.3) is 0 Å². The van der Waals surface area contributed by atoms with Crippen LogP contribution in [-0.2, 0) is 19.1 Å². The van der Waals surface area contributed by atoms with Crippen molar-refractivity contribution >= 4 is 23.4 Å². The zero-order chi connectivity index (χ0) is 23.8. The molecular weight excluding hydrogens is 461 g/mol. The molecule has 188 valence electrons. The van der Waals surface area contributed by atoms with Crippen molar-refractivity contribution in [3.63, 3.8) is 0 Å². The Kier molecular flexibility index (Phi) is 7.80. The Hall–Kier alpha value is -1.06. The van der Waals surface area contributed by atoms with Crippen LogP contribution in [0.15, 0.2) is 0 Å². The minimum Gasteiger partial charge on any atom is -0.375 e. The number of nitrogens with one attached hydrogen (secondary N) is 2. The number of hydrogen-bond acceptors (Lipinski definition) is 4. The lowest BCUT2D eigenvalue weighted by Crippen LogP contribution is -2.72. The number of carbonyl (C=O) groups excluding carboxylic acids is 2. The topological polar surface area (TPSA) is 76.7 Å². The Balaban J connectivity index is 1.17. The Bertz CT molecular complexity index is 722. The third-order valence-electron chi connectivity index (χ3n) is 8.17. The van der Waals surface area contributed by atoms with Crippen LogP contribution >= 0.6 is 11.6 Å². The number of hydrogen-bond donors (Lipinski definition) is 2. The average Bonchev–Trinajstić information content (AvgIpc) is 2.76. The predicted molar refractivity (Wildman–Crippen MR) is 116 cm³/mol. The van der Waals surface area contributed by atoms with Gasteiger partial charge in [0, 0.05) is 31.5 Å². The van der Waals surface area contributed by atoms with E-state index in [4.69, 9.17) is 21.1 Å². The standard InChI is InChI=1S/C23H34ClF3N2O4/c1-32-21-18(26)6-12(7-19(21)27)10-28-22(31)14-9-23(5-4-15(14)23)29-20(30)11-33-13-2-3-16(24)17(25)8-13/h12-19,21H,2-11H2,1H3,(H,28,31)(H,29,30)/t12?,13-,14?,15?,16+,17?,18?,19?,21?,23?/m0/s1. The van der Waals surface area contributed by atoms with E-state index >= 15 is 0 Å². The van der Waals surface area contributed by atoms with Gasteiger partial charge in [-0.2, -0.15) is 0 Å². The molecule has 2 N–H and O–H groups in total. The lowest BCUT2D eigenvalue weighted by atomic mass is 9.47. The van der Waals surface area contributed by atoms with E-state index < -0.39 is 30.0 Å². The third-order valence-corrected chi connectivity index (χ3v) is 8.66. The number of ether oxygens (including phenoxy) is 2. The van der Waals surface area contributed by atoms with Gasteiger partial charge in [0.1, 0.15) is 31.2 Å². The molecule has 0 aromatic heterocycles. The molecule has 4 aliphatic carbocycles. The minimum absolute atomic E-state index is 0.0652. The highest BCUT2D eigenvalue weighted by atomic mass is 35.5. The van der Waals surface area contributed by atoms with Crippen LogP contribution in [0.1, 0.15) is 51.4 Å². The molecule has 0 saturated heterocycles.